The first-order valence-electron chi connectivity index (χ1n) is 6.40. The van der Waals surface area contributed by atoms with Crippen molar-refractivity contribution in [2.45, 2.75) is 13.8 Å². The normalized spacial score (nSPS) is 10.9. The van der Waals surface area contributed by atoms with Gasteiger partial charge in [0.25, 0.3) is 0 Å². The second-order valence-electron chi connectivity index (χ2n) is 4.75. The number of ketones is 1. The summed E-state index contributed by atoms with van der Waals surface area (Å²) in [5.74, 6) is -0.129. The van der Waals surface area contributed by atoms with Crippen molar-refractivity contribution in [3.8, 4) is 6.07 Å². The van der Waals surface area contributed by atoms with Gasteiger partial charge in [-0.15, -0.1) is 0 Å². The second-order valence-corrected chi connectivity index (χ2v) is 4.75. The molecule has 98 valence electrons. The lowest BCUT2D eigenvalue weighted by molar-refractivity contribution is 0.105. The Kier molecular flexibility index (Phi) is 4.12. The molecule has 0 heterocycles. The summed E-state index contributed by atoms with van der Waals surface area (Å²) in [6.45, 7) is 3.96. The van der Waals surface area contributed by atoms with Crippen LogP contribution in [0.2, 0.25) is 0 Å². The van der Waals surface area contributed by atoms with Gasteiger partial charge in [-0.2, -0.15) is 5.26 Å². The van der Waals surface area contributed by atoms with Crippen LogP contribution in [-0.2, 0) is 0 Å². The molecule has 0 N–H and O–H groups in total. The molecule has 20 heavy (non-hydrogen) atoms. The van der Waals surface area contributed by atoms with Crippen LogP contribution < -0.4 is 0 Å². The number of Topliss-reactive ketones (excluding diaryl/α,β-unsaturated/α-hetero) is 1. The maximum absolute atomic E-state index is 12.5. The molecule has 2 aromatic rings. The van der Waals surface area contributed by atoms with Gasteiger partial charge in [0.1, 0.15) is 0 Å². The summed E-state index contributed by atoms with van der Waals surface area (Å²) in [4.78, 5) is 12.5. The number of hydrogen-bond donors (Lipinski definition) is 0. The van der Waals surface area contributed by atoms with Crippen LogP contribution in [0.3, 0.4) is 0 Å². The molecule has 0 radical (unpaired) electrons. The van der Waals surface area contributed by atoms with E-state index in [9.17, 15) is 4.79 Å². The van der Waals surface area contributed by atoms with Crippen LogP contribution in [-0.4, -0.2) is 5.78 Å². The number of rotatable bonds is 3. The van der Waals surface area contributed by atoms with E-state index in [1.54, 1.807) is 12.1 Å². The van der Waals surface area contributed by atoms with Crippen molar-refractivity contribution in [1.82, 2.24) is 0 Å². The lowest BCUT2D eigenvalue weighted by Gasteiger charge is -2.07. The van der Waals surface area contributed by atoms with Gasteiger partial charge in [-0.3, -0.25) is 4.79 Å². The number of hydrogen-bond acceptors (Lipinski definition) is 2. The summed E-state index contributed by atoms with van der Waals surface area (Å²) < 4.78 is 0. The number of carbonyl (C=O) groups is 1. The van der Waals surface area contributed by atoms with Crippen molar-refractivity contribution >= 4 is 11.4 Å². The maximum Gasteiger partial charge on any atom is 0.194 e. The van der Waals surface area contributed by atoms with Crippen LogP contribution in [0.1, 0.15) is 27.0 Å². The maximum atomic E-state index is 12.5. The third-order valence-corrected chi connectivity index (χ3v) is 3.13. The Labute approximate surface area is 119 Å². The minimum Gasteiger partial charge on any atom is -0.289 e. The van der Waals surface area contributed by atoms with Crippen LogP contribution in [0.5, 0.6) is 0 Å². The predicted octanol–water partition coefficient (Wildman–Crippen LogP) is 4.09. The topological polar surface area (TPSA) is 40.9 Å². The molecule has 0 spiro atoms. The highest BCUT2D eigenvalue weighted by Gasteiger charge is 2.14. The minimum atomic E-state index is -0.129. The molecular formula is C18H15NO. The number of nitrogens with zero attached hydrogens (tertiary/aromatic N) is 1. The fourth-order valence-corrected chi connectivity index (χ4v) is 1.94. The molecule has 0 saturated carbocycles. The third-order valence-electron chi connectivity index (χ3n) is 3.13. The number of carbonyl (C=O) groups excluding carboxylic acids is 1. The fourth-order valence-electron chi connectivity index (χ4n) is 1.94. The average Bonchev–Trinajstić information content (AvgIpc) is 2.46. The Bertz CT molecular complexity index is 686. The van der Waals surface area contributed by atoms with E-state index in [0.29, 0.717) is 11.1 Å². The minimum absolute atomic E-state index is 0.129. The number of allylic oxidation sites excluding steroid dienone is 2. The molecule has 2 heteroatoms. The highest BCUT2D eigenvalue weighted by molar-refractivity contribution is 6.29. The van der Waals surface area contributed by atoms with Crippen molar-refractivity contribution in [3.63, 3.8) is 0 Å². The highest BCUT2D eigenvalue weighted by Crippen LogP contribution is 2.20. The molecule has 0 aromatic heterocycles. The fraction of sp³-hybridized carbons (Fsp3) is 0.111. The van der Waals surface area contributed by atoms with E-state index in [1.807, 2.05) is 56.3 Å². The molecule has 0 atom stereocenters. The lowest BCUT2D eigenvalue weighted by Crippen LogP contribution is -2.03. The van der Waals surface area contributed by atoms with E-state index in [4.69, 9.17) is 5.26 Å². The number of aryl methyl sites for hydroxylation is 2. The van der Waals surface area contributed by atoms with Crippen molar-refractivity contribution in [1.29, 1.82) is 5.26 Å². The third kappa shape index (κ3) is 3.02. The Balaban J connectivity index is 2.42. The van der Waals surface area contributed by atoms with Gasteiger partial charge >= 0.3 is 0 Å². The van der Waals surface area contributed by atoms with Gasteiger partial charge in [-0.25, -0.2) is 0 Å². The molecule has 2 nitrogen and oxygen atoms in total. The van der Waals surface area contributed by atoms with Crippen LogP contribution >= 0.6 is 0 Å². The summed E-state index contributed by atoms with van der Waals surface area (Å²) in [5, 5.41) is 8.91. The summed E-state index contributed by atoms with van der Waals surface area (Å²) in [7, 11) is 0. The summed E-state index contributed by atoms with van der Waals surface area (Å²) in [5.41, 5.74) is 4.01. The van der Waals surface area contributed by atoms with Gasteiger partial charge < -0.3 is 0 Å². The Morgan fingerprint density at radius 2 is 1.35 bits per heavy atom. The molecular weight excluding hydrogens is 246 g/mol. The molecule has 0 saturated heterocycles. The standard InChI is InChI=1S/C18H15NO/c1-13-3-7-15(8-4-13)17(11-12-19)18(20)16-9-5-14(2)6-10-16/h3-11H,1-2H3. The smallest absolute Gasteiger partial charge is 0.194 e. The van der Waals surface area contributed by atoms with E-state index in [2.05, 4.69) is 0 Å². The predicted molar refractivity (Wildman–Crippen MR) is 80.3 cm³/mol. The SMILES string of the molecule is Cc1ccc(C(=O)C(=CC#N)c2ccc(C)cc2)cc1. The lowest BCUT2D eigenvalue weighted by atomic mass is 9.95. The van der Waals surface area contributed by atoms with Gasteiger partial charge in [-0.05, 0) is 19.4 Å². The molecule has 0 amide bonds. The summed E-state index contributed by atoms with van der Waals surface area (Å²) in [6.07, 6.45) is 1.31. The van der Waals surface area contributed by atoms with Crippen molar-refractivity contribution in [2.24, 2.45) is 0 Å². The van der Waals surface area contributed by atoms with Gasteiger partial charge in [0.2, 0.25) is 0 Å². The van der Waals surface area contributed by atoms with Gasteiger partial charge in [0, 0.05) is 17.2 Å². The van der Waals surface area contributed by atoms with E-state index in [1.165, 1.54) is 6.08 Å². The zero-order valence-electron chi connectivity index (χ0n) is 11.6. The van der Waals surface area contributed by atoms with E-state index >= 15 is 0 Å². The molecule has 0 bridgehead atoms. The largest absolute Gasteiger partial charge is 0.289 e. The quantitative estimate of drug-likeness (QED) is 0.474. The number of nitriles is 1. The molecule has 0 unspecified atom stereocenters. The van der Waals surface area contributed by atoms with Gasteiger partial charge in [0.15, 0.2) is 5.78 Å². The van der Waals surface area contributed by atoms with Crippen LogP contribution in [0.15, 0.2) is 54.6 Å². The van der Waals surface area contributed by atoms with E-state index in [0.717, 1.165) is 16.7 Å². The van der Waals surface area contributed by atoms with Crippen LogP contribution in [0.25, 0.3) is 5.57 Å². The molecule has 0 aliphatic heterocycles. The highest BCUT2D eigenvalue weighted by atomic mass is 16.1. The van der Waals surface area contributed by atoms with E-state index in [-0.39, 0.29) is 5.78 Å². The van der Waals surface area contributed by atoms with Crippen molar-refractivity contribution in [2.75, 3.05) is 0 Å². The molecule has 0 aliphatic rings. The Hall–Kier alpha value is -2.66. The van der Waals surface area contributed by atoms with Crippen molar-refractivity contribution < 1.29 is 4.79 Å². The number of benzene rings is 2. The second kappa shape index (κ2) is 5.99. The van der Waals surface area contributed by atoms with Gasteiger partial charge in [-0.1, -0.05) is 59.7 Å². The van der Waals surface area contributed by atoms with Gasteiger partial charge in [0.05, 0.1) is 6.07 Å². The molecule has 2 rings (SSSR count). The average molecular weight is 261 g/mol. The Morgan fingerprint density at radius 1 is 0.900 bits per heavy atom. The van der Waals surface area contributed by atoms with Crippen LogP contribution in [0.4, 0.5) is 0 Å². The first-order chi connectivity index (χ1) is 9.61. The van der Waals surface area contributed by atoms with Crippen LogP contribution in [0, 0.1) is 25.2 Å². The first kappa shape index (κ1) is 13.8. The zero-order chi connectivity index (χ0) is 14.5. The summed E-state index contributed by atoms with van der Waals surface area (Å²) in [6, 6.07) is 16.9. The molecule has 0 aliphatic carbocycles. The molecule has 0 fully saturated rings. The van der Waals surface area contributed by atoms with E-state index < -0.39 is 0 Å². The molecule has 2 aromatic carbocycles. The summed E-state index contributed by atoms with van der Waals surface area (Å²) >= 11 is 0. The monoisotopic (exact) mass is 261 g/mol. The zero-order valence-corrected chi connectivity index (χ0v) is 11.6. The Morgan fingerprint density at radius 3 is 1.80 bits per heavy atom. The first-order valence-corrected chi connectivity index (χ1v) is 6.40. The van der Waals surface area contributed by atoms with Crippen molar-refractivity contribution in [3.05, 3.63) is 76.9 Å².